The Labute approximate surface area is 426 Å². The van der Waals surface area contributed by atoms with E-state index in [1.165, 1.54) is 372 Å². The van der Waals surface area contributed by atoms with E-state index < -0.39 is 0 Å². The molecule has 0 amide bonds. The Balaban J connectivity index is 2.34. The van der Waals surface area contributed by atoms with E-state index in [4.69, 9.17) is 0 Å². The van der Waals surface area contributed by atoms with Crippen molar-refractivity contribution in [2.75, 3.05) is 0 Å². The summed E-state index contributed by atoms with van der Waals surface area (Å²) in [5.74, 6) is 0. The van der Waals surface area contributed by atoms with Gasteiger partial charge in [-0.3, -0.25) is 0 Å². The van der Waals surface area contributed by atoms with Crippen molar-refractivity contribution < 1.29 is 0 Å². The molecule has 0 unspecified atom stereocenters. The minimum Gasteiger partial charge on any atom is -0.0654 e. The van der Waals surface area contributed by atoms with Gasteiger partial charge in [0.2, 0.25) is 0 Å². The topological polar surface area (TPSA) is 0 Å². The van der Waals surface area contributed by atoms with Crippen molar-refractivity contribution in [1.29, 1.82) is 0 Å². The summed E-state index contributed by atoms with van der Waals surface area (Å²) in [5, 5.41) is 0. The molecule has 1 radical (unpaired) electrons. The number of rotatable bonds is 57. The van der Waals surface area contributed by atoms with Gasteiger partial charge in [0.25, 0.3) is 0 Å². The summed E-state index contributed by atoms with van der Waals surface area (Å²) in [6.07, 6.45) is 82.3. The minimum atomic E-state index is 1.27. The first kappa shape index (κ1) is 64.2. The quantitative estimate of drug-likeness (QED) is 0.0571. The molecule has 0 aliphatic carbocycles. The lowest BCUT2D eigenvalue weighted by Crippen LogP contribution is -2.03. The zero-order valence-electron chi connectivity index (χ0n) is 47.2. The average Bonchev–Trinajstić information content (AvgIpc) is 3.33. The molecule has 395 valence electrons. The van der Waals surface area contributed by atoms with E-state index in [9.17, 15) is 0 Å². The molecule has 0 fully saturated rings. The third-order valence-corrected chi connectivity index (χ3v) is 15.9. The van der Waals surface area contributed by atoms with Gasteiger partial charge in [-0.05, 0) is 67.7 Å². The molecule has 0 aliphatic heterocycles. The van der Waals surface area contributed by atoms with Crippen LogP contribution in [0, 0.1) is 6.92 Å². The maximum atomic E-state index is 4.53. The van der Waals surface area contributed by atoms with Crippen LogP contribution in [0.4, 0.5) is 0 Å². The molecule has 0 nitrogen and oxygen atoms in total. The number of hydrogen-bond donors (Lipinski definition) is 0. The molecule has 1 rings (SSSR count). The number of benzene rings is 1. The van der Waals surface area contributed by atoms with Crippen molar-refractivity contribution in [3.05, 3.63) is 41.3 Å². The first-order chi connectivity index (χ1) is 33.2. The van der Waals surface area contributed by atoms with Crippen LogP contribution in [0.2, 0.25) is 0 Å². The van der Waals surface area contributed by atoms with Crippen LogP contribution in [-0.4, -0.2) is 0 Å². The van der Waals surface area contributed by atoms with Gasteiger partial charge in [-0.1, -0.05) is 360 Å². The summed E-state index contributed by atoms with van der Waals surface area (Å²) < 4.78 is 0. The van der Waals surface area contributed by atoms with Crippen LogP contribution in [0.25, 0.3) is 0 Å². The standard InChI is InChI=1S/C67H127/c1-5-8-11-14-17-20-23-26-29-32-35-38-41-44-47-50-53-56-59-65-62-64(4)63-66(60-57-54-51-48-45-42-39-36-33-30-27-24-21-18-15-12-9-6-2)67(65)61-58-55-52-49-46-43-40-37-34-31-28-25-22-19-16-13-10-7-3/h62-63H,4-61H2,1-3H3. The summed E-state index contributed by atoms with van der Waals surface area (Å²) in [7, 11) is 0. The Morgan fingerprint density at radius 2 is 0.358 bits per heavy atom. The second-order valence-corrected chi connectivity index (χ2v) is 22.7. The molecule has 0 atom stereocenters. The third-order valence-electron chi connectivity index (χ3n) is 15.9. The molecule has 0 spiro atoms. The minimum absolute atomic E-state index is 1.27. The highest BCUT2D eigenvalue weighted by molar-refractivity contribution is 5.41. The lowest BCUT2D eigenvalue weighted by molar-refractivity contribution is 0.523. The van der Waals surface area contributed by atoms with Gasteiger partial charge in [0.15, 0.2) is 0 Å². The normalized spacial score (nSPS) is 11.7. The molecular formula is C67H127. The second kappa shape index (κ2) is 54.6. The van der Waals surface area contributed by atoms with E-state index in [2.05, 4.69) is 39.8 Å². The molecule has 0 aromatic heterocycles. The second-order valence-electron chi connectivity index (χ2n) is 22.7. The van der Waals surface area contributed by atoms with Crippen LogP contribution in [0.3, 0.4) is 0 Å². The summed E-state index contributed by atoms with van der Waals surface area (Å²) in [6, 6.07) is 4.99. The highest BCUT2D eigenvalue weighted by Crippen LogP contribution is 2.26. The molecule has 0 aliphatic rings. The summed E-state index contributed by atoms with van der Waals surface area (Å²) >= 11 is 0. The predicted octanol–water partition coefficient (Wildman–Crippen LogP) is 24.6. The van der Waals surface area contributed by atoms with E-state index in [0.29, 0.717) is 0 Å². The number of hydrogen-bond acceptors (Lipinski definition) is 0. The third kappa shape index (κ3) is 46.1. The zero-order chi connectivity index (χ0) is 48.0. The van der Waals surface area contributed by atoms with Gasteiger partial charge < -0.3 is 0 Å². The average molecular weight is 933 g/mol. The van der Waals surface area contributed by atoms with Gasteiger partial charge in [-0.15, -0.1) is 0 Å². The van der Waals surface area contributed by atoms with Gasteiger partial charge in [0.05, 0.1) is 0 Å². The highest BCUT2D eigenvalue weighted by Gasteiger charge is 2.11. The molecule has 1 aromatic carbocycles. The van der Waals surface area contributed by atoms with Gasteiger partial charge >= 0.3 is 0 Å². The fourth-order valence-corrected chi connectivity index (χ4v) is 11.3. The van der Waals surface area contributed by atoms with Gasteiger partial charge in [-0.25, -0.2) is 0 Å². The first-order valence-corrected chi connectivity index (χ1v) is 32.2. The fourth-order valence-electron chi connectivity index (χ4n) is 11.3. The van der Waals surface area contributed by atoms with Gasteiger partial charge in [0.1, 0.15) is 0 Å². The Hall–Kier alpha value is -0.780. The van der Waals surface area contributed by atoms with Crippen LogP contribution in [0.15, 0.2) is 12.1 Å². The van der Waals surface area contributed by atoms with E-state index in [-0.39, 0.29) is 0 Å². The van der Waals surface area contributed by atoms with E-state index in [0.717, 1.165) is 0 Å². The summed E-state index contributed by atoms with van der Waals surface area (Å²) in [4.78, 5) is 0. The maximum Gasteiger partial charge on any atom is -0.0238 e. The molecule has 0 heterocycles. The number of aryl methyl sites for hydroxylation is 2. The lowest BCUT2D eigenvalue weighted by Gasteiger charge is -2.17. The maximum absolute atomic E-state index is 4.53. The Morgan fingerprint density at radius 1 is 0.209 bits per heavy atom. The molecule has 67 heavy (non-hydrogen) atoms. The van der Waals surface area contributed by atoms with Crippen molar-refractivity contribution in [3.8, 4) is 0 Å². The van der Waals surface area contributed by atoms with Crippen LogP contribution < -0.4 is 0 Å². The van der Waals surface area contributed by atoms with Crippen molar-refractivity contribution in [2.24, 2.45) is 0 Å². The predicted molar refractivity (Wildman–Crippen MR) is 308 cm³/mol. The van der Waals surface area contributed by atoms with Gasteiger partial charge in [-0.2, -0.15) is 0 Å². The van der Waals surface area contributed by atoms with Crippen LogP contribution >= 0.6 is 0 Å². The van der Waals surface area contributed by atoms with Crippen molar-refractivity contribution in [3.63, 3.8) is 0 Å². The molecule has 0 bridgehead atoms. The number of unbranched alkanes of at least 4 members (excludes halogenated alkanes) is 51. The SMILES string of the molecule is [CH2]c1cc(CCCCCCCCCCCCCCCCCCCC)c(CCCCCCCCCCCCCCCCCCCC)c(CCCCCCCCCCCCCCCCCCCC)c1. The van der Waals surface area contributed by atoms with Gasteiger partial charge in [0, 0.05) is 0 Å². The van der Waals surface area contributed by atoms with Crippen LogP contribution in [-0.2, 0) is 19.3 Å². The fraction of sp³-hybridized carbons (Fsp3) is 0.896. The summed E-state index contributed by atoms with van der Waals surface area (Å²) in [5.41, 5.74) is 6.38. The molecule has 0 saturated heterocycles. The lowest BCUT2D eigenvalue weighted by atomic mass is 9.88. The molecule has 0 heteroatoms. The first-order valence-electron chi connectivity index (χ1n) is 32.2. The molecular weight excluding hydrogens is 805 g/mol. The van der Waals surface area contributed by atoms with Crippen LogP contribution in [0.5, 0.6) is 0 Å². The Morgan fingerprint density at radius 3 is 0.537 bits per heavy atom. The smallest absolute Gasteiger partial charge is 0.0238 e. The Bertz CT molecular complexity index is 1000. The molecule has 1 aromatic rings. The summed E-state index contributed by atoms with van der Waals surface area (Å²) in [6.45, 7) is 11.5. The highest BCUT2D eigenvalue weighted by atomic mass is 14.2. The van der Waals surface area contributed by atoms with Crippen molar-refractivity contribution >= 4 is 0 Å². The van der Waals surface area contributed by atoms with E-state index >= 15 is 0 Å². The zero-order valence-corrected chi connectivity index (χ0v) is 47.2. The molecule has 0 saturated carbocycles. The van der Waals surface area contributed by atoms with E-state index in [1.807, 2.05) is 0 Å². The van der Waals surface area contributed by atoms with E-state index in [1.54, 1.807) is 16.7 Å². The largest absolute Gasteiger partial charge is 0.0654 e. The van der Waals surface area contributed by atoms with Crippen molar-refractivity contribution in [2.45, 2.75) is 387 Å². The monoisotopic (exact) mass is 932 g/mol. The Kier molecular flexibility index (Phi) is 52.3. The van der Waals surface area contributed by atoms with Crippen molar-refractivity contribution in [1.82, 2.24) is 0 Å². The molecule has 0 N–H and O–H groups in total. The van der Waals surface area contributed by atoms with Crippen LogP contribution in [0.1, 0.15) is 390 Å².